The zero-order valence-electron chi connectivity index (χ0n) is 37.8. The van der Waals surface area contributed by atoms with Crippen molar-refractivity contribution in [2.24, 2.45) is 0 Å². The van der Waals surface area contributed by atoms with Crippen molar-refractivity contribution in [2.45, 2.75) is 64.6 Å². The molecule has 0 bridgehead atoms. The fourth-order valence-corrected chi connectivity index (χ4v) is 8.82. The Bertz CT molecular complexity index is 2190. The number of hydrogen-bond donors (Lipinski definition) is 2. The average Bonchev–Trinajstić information content (AvgIpc) is 3.32. The first-order chi connectivity index (χ1) is 31.1. The Kier molecular flexibility index (Phi) is 19.5. The van der Waals surface area contributed by atoms with E-state index in [2.05, 4.69) is 61.2 Å². The molecule has 0 saturated carbocycles. The molecule has 0 aliphatic rings. The van der Waals surface area contributed by atoms with Crippen molar-refractivity contribution in [1.82, 2.24) is 15.3 Å². The van der Waals surface area contributed by atoms with Gasteiger partial charge in [-0.1, -0.05) is 91.0 Å². The summed E-state index contributed by atoms with van der Waals surface area (Å²) in [6.45, 7) is 10.4. The maximum Gasteiger partial charge on any atom is 0.259 e. The summed E-state index contributed by atoms with van der Waals surface area (Å²) < 4.78 is 32.0. The van der Waals surface area contributed by atoms with E-state index in [4.69, 9.17) is 28.5 Å². The molecule has 0 aromatic heterocycles. The van der Waals surface area contributed by atoms with E-state index in [1.54, 1.807) is 26.4 Å². The lowest BCUT2D eigenvalue weighted by atomic mass is 9.80. The molecule has 0 heterocycles. The van der Waals surface area contributed by atoms with Crippen LogP contribution in [-0.4, -0.2) is 75.7 Å². The van der Waals surface area contributed by atoms with Crippen LogP contribution in [-0.2, 0) is 19.4 Å². The third-order valence-corrected chi connectivity index (χ3v) is 12.5. The van der Waals surface area contributed by atoms with Gasteiger partial charge in [0.25, 0.3) is 20.3 Å². The van der Waals surface area contributed by atoms with Crippen LogP contribution in [0.3, 0.4) is 0 Å². The molecule has 0 aliphatic carbocycles. The Hall–Kier alpha value is -5.86. The molecule has 64 heavy (non-hydrogen) atoms. The van der Waals surface area contributed by atoms with Gasteiger partial charge in [-0.3, -0.25) is 9.59 Å². The zero-order valence-corrected chi connectivity index (χ0v) is 38.7. The third-order valence-electron chi connectivity index (χ3n) is 10.4. The van der Waals surface area contributed by atoms with Crippen LogP contribution in [0.4, 0.5) is 0 Å². The van der Waals surface area contributed by atoms with Gasteiger partial charge in [-0.05, 0) is 117 Å². The maximum atomic E-state index is 13.2. The number of benzene rings is 5. The smallest absolute Gasteiger partial charge is 0.259 e. The highest BCUT2D eigenvalue weighted by atomic mass is 31.2. The van der Waals surface area contributed by atoms with E-state index >= 15 is 0 Å². The molecule has 11 nitrogen and oxygen atoms in total. The second-order valence-corrected chi connectivity index (χ2v) is 17.0. The summed E-state index contributed by atoms with van der Waals surface area (Å²) in [7, 11) is 1.99. The second-order valence-electron chi connectivity index (χ2n) is 15.5. The first kappa shape index (κ1) is 49.2. The number of nitrogens with one attached hydrogen (secondary N) is 2. The van der Waals surface area contributed by atoms with Crippen molar-refractivity contribution in [3.63, 3.8) is 0 Å². The lowest BCUT2D eigenvalue weighted by Crippen LogP contribution is -2.34. The van der Waals surface area contributed by atoms with Crippen molar-refractivity contribution < 1.29 is 32.8 Å². The number of nitrogens with zero attached hydrogens (tertiary/aromatic N) is 2. The minimum Gasteiger partial charge on any atom is -0.497 e. The molecule has 0 spiro atoms. The van der Waals surface area contributed by atoms with Gasteiger partial charge in [0.2, 0.25) is 0 Å². The molecule has 336 valence electrons. The van der Waals surface area contributed by atoms with Crippen LogP contribution in [0, 0.1) is 11.3 Å². The average molecular weight is 885 g/mol. The lowest BCUT2D eigenvalue weighted by Gasteiger charge is -2.36. The van der Waals surface area contributed by atoms with E-state index in [-0.39, 0.29) is 23.9 Å². The van der Waals surface area contributed by atoms with E-state index in [1.165, 1.54) is 0 Å². The summed E-state index contributed by atoms with van der Waals surface area (Å²) in [6, 6.07) is 43.4. The largest absolute Gasteiger partial charge is 0.497 e. The van der Waals surface area contributed by atoms with Gasteiger partial charge in [-0.25, -0.2) is 4.67 Å². The molecular formula is C52H61N4O7P. The van der Waals surface area contributed by atoms with Gasteiger partial charge in [0.15, 0.2) is 0 Å². The van der Waals surface area contributed by atoms with Crippen molar-refractivity contribution in [3.8, 4) is 17.6 Å². The SMILES string of the molecule is COc1ccc(C(OCCCNC(=O)c2ccc(/C=C/c3ccc(C(=O)NCCCOP(OCCC#N)N(C(C)C)C(C)C)cc3)cc2)(c2ccccc2)c2ccc(OC)cc2)cc1. The summed E-state index contributed by atoms with van der Waals surface area (Å²) in [5, 5.41) is 14.9. The number of amides is 2. The number of carbonyl (C=O) groups is 2. The van der Waals surface area contributed by atoms with Crippen molar-refractivity contribution in [1.29, 1.82) is 5.26 Å². The summed E-state index contributed by atoms with van der Waals surface area (Å²) in [4.78, 5) is 26.0. The van der Waals surface area contributed by atoms with Crippen molar-refractivity contribution in [3.05, 3.63) is 166 Å². The standard InChI is InChI=1S/C52H61N4O7P/c1-39(2)56(40(3)4)64(62-37-10-33-53)63-38-12-35-55-51(58)44-23-19-42(20-24-44)16-15-41-17-21-43(22-18-41)50(57)54-34-11-36-61-52(45-13-8-7-9-14-45,46-25-29-48(59-5)30-26-46)47-27-31-49(60-6)32-28-47/h7-9,13-32,39-40H,10-12,34-38H2,1-6H3,(H,54,57)(H,55,58)/b16-15+. The van der Waals surface area contributed by atoms with Gasteiger partial charge in [0, 0.05) is 36.3 Å². The number of ether oxygens (including phenoxy) is 3. The quantitative estimate of drug-likeness (QED) is 0.0254. The van der Waals surface area contributed by atoms with Crippen molar-refractivity contribution in [2.75, 3.05) is 47.1 Å². The predicted octanol–water partition coefficient (Wildman–Crippen LogP) is 10.4. The van der Waals surface area contributed by atoms with Gasteiger partial charge in [-0.2, -0.15) is 5.26 Å². The molecule has 1 unspecified atom stereocenters. The van der Waals surface area contributed by atoms with Crippen LogP contribution in [0.2, 0.25) is 0 Å². The number of carbonyl (C=O) groups excluding carboxylic acids is 2. The normalized spacial score (nSPS) is 12.1. The highest BCUT2D eigenvalue weighted by Crippen LogP contribution is 2.46. The fourth-order valence-electron chi connectivity index (χ4n) is 7.19. The van der Waals surface area contributed by atoms with Gasteiger partial charge in [0.1, 0.15) is 17.1 Å². The summed E-state index contributed by atoms with van der Waals surface area (Å²) in [6.07, 6.45) is 5.46. The Labute approximate surface area is 380 Å². The van der Waals surface area contributed by atoms with Gasteiger partial charge in [-0.15, -0.1) is 0 Å². The van der Waals surface area contributed by atoms with E-state index in [0.29, 0.717) is 63.3 Å². The van der Waals surface area contributed by atoms with E-state index < -0.39 is 14.1 Å². The van der Waals surface area contributed by atoms with E-state index in [1.807, 2.05) is 115 Å². The molecule has 0 radical (unpaired) electrons. The zero-order chi connectivity index (χ0) is 45.7. The molecule has 2 amide bonds. The van der Waals surface area contributed by atoms with Crippen LogP contribution < -0.4 is 20.1 Å². The molecule has 5 rings (SSSR count). The van der Waals surface area contributed by atoms with Gasteiger partial charge >= 0.3 is 0 Å². The highest BCUT2D eigenvalue weighted by molar-refractivity contribution is 7.44. The summed E-state index contributed by atoms with van der Waals surface area (Å²) in [5.41, 5.74) is 4.95. The molecule has 2 N–H and O–H groups in total. The monoisotopic (exact) mass is 884 g/mol. The van der Waals surface area contributed by atoms with Crippen LogP contribution in [0.5, 0.6) is 11.5 Å². The second kappa shape index (κ2) is 25.4. The molecule has 12 heteroatoms. The Morgan fingerprint density at radius 2 is 1.06 bits per heavy atom. The van der Waals surface area contributed by atoms with Crippen LogP contribution in [0.25, 0.3) is 12.2 Å². The fraction of sp³-hybridized carbons (Fsp3) is 0.327. The molecule has 0 saturated heterocycles. The third kappa shape index (κ3) is 13.8. The lowest BCUT2D eigenvalue weighted by molar-refractivity contribution is 0.0117. The number of rotatable bonds is 25. The topological polar surface area (TPSA) is 131 Å². The molecular weight excluding hydrogens is 824 g/mol. The first-order valence-corrected chi connectivity index (χ1v) is 22.9. The molecule has 5 aromatic rings. The molecule has 5 aromatic carbocycles. The van der Waals surface area contributed by atoms with Gasteiger partial charge in [0.05, 0.1) is 46.5 Å². The number of methoxy groups -OCH3 is 2. The minimum atomic E-state index is -1.31. The Morgan fingerprint density at radius 1 is 0.625 bits per heavy atom. The van der Waals surface area contributed by atoms with Crippen LogP contribution in [0.15, 0.2) is 127 Å². The first-order valence-electron chi connectivity index (χ1n) is 21.7. The Balaban J connectivity index is 1.10. The summed E-state index contributed by atoms with van der Waals surface area (Å²) in [5.74, 6) is 1.19. The van der Waals surface area contributed by atoms with Crippen LogP contribution >= 0.6 is 8.53 Å². The number of hydrogen-bond acceptors (Lipinski definition) is 9. The highest BCUT2D eigenvalue weighted by Gasteiger charge is 2.38. The summed E-state index contributed by atoms with van der Waals surface area (Å²) >= 11 is 0. The maximum absolute atomic E-state index is 13.2. The minimum absolute atomic E-state index is 0.155. The van der Waals surface area contributed by atoms with Gasteiger partial charge < -0.3 is 33.9 Å². The Morgan fingerprint density at radius 3 is 1.50 bits per heavy atom. The molecule has 1 atom stereocenters. The van der Waals surface area contributed by atoms with E-state index in [9.17, 15) is 9.59 Å². The molecule has 0 aliphatic heterocycles. The number of nitriles is 1. The predicted molar refractivity (Wildman–Crippen MR) is 255 cm³/mol. The van der Waals surface area contributed by atoms with E-state index in [0.717, 1.165) is 39.3 Å². The van der Waals surface area contributed by atoms with Crippen LogP contribution in [0.1, 0.15) is 95.5 Å². The van der Waals surface area contributed by atoms with Crippen molar-refractivity contribution >= 4 is 32.5 Å². The molecule has 0 fully saturated rings.